The summed E-state index contributed by atoms with van der Waals surface area (Å²) >= 11 is 0. The molecule has 2 heterocycles. The summed E-state index contributed by atoms with van der Waals surface area (Å²) in [6.45, 7) is 6.63. The molecule has 2 aromatic heterocycles. The molecule has 0 saturated heterocycles. The minimum absolute atomic E-state index is 0.0197. The molecule has 0 amide bonds. The molecule has 8 heteroatoms. The van der Waals surface area contributed by atoms with Crippen molar-refractivity contribution in [3.8, 4) is 11.1 Å². The van der Waals surface area contributed by atoms with Crippen LogP contribution in [-0.2, 0) is 19.8 Å². The van der Waals surface area contributed by atoms with Crippen LogP contribution in [0.1, 0.15) is 39.2 Å². The van der Waals surface area contributed by atoms with Gasteiger partial charge in [0.2, 0.25) is 0 Å². The summed E-state index contributed by atoms with van der Waals surface area (Å²) in [4.78, 5) is 16.2. The van der Waals surface area contributed by atoms with Crippen molar-refractivity contribution < 1.29 is 17.6 Å². The van der Waals surface area contributed by atoms with Crippen molar-refractivity contribution in [2.45, 2.75) is 46.3 Å². The van der Waals surface area contributed by atoms with Gasteiger partial charge in [-0.05, 0) is 35.6 Å². The molecule has 0 radical (unpaired) electrons. The van der Waals surface area contributed by atoms with Gasteiger partial charge in [-0.2, -0.15) is 13.2 Å². The second kappa shape index (κ2) is 8.80. The molecular weight excluding hydrogens is 386 g/mol. The number of hydrogen-bond acceptors (Lipinski definition) is 2. The van der Waals surface area contributed by atoms with E-state index in [9.17, 15) is 22.4 Å². The summed E-state index contributed by atoms with van der Waals surface area (Å²) in [6, 6.07) is 3.73. The zero-order valence-electron chi connectivity index (χ0n) is 16.9. The summed E-state index contributed by atoms with van der Waals surface area (Å²) in [7, 11) is 1.37. The van der Waals surface area contributed by atoms with Gasteiger partial charge in [-0.15, -0.1) is 0 Å². The van der Waals surface area contributed by atoms with E-state index in [1.165, 1.54) is 36.1 Å². The molecule has 0 spiro atoms. The Bertz CT molecular complexity index is 973. The third-order valence-electron chi connectivity index (χ3n) is 5.04. The van der Waals surface area contributed by atoms with E-state index in [1.54, 1.807) is 0 Å². The van der Waals surface area contributed by atoms with E-state index in [0.717, 1.165) is 29.7 Å². The predicted molar refractivity (Wildman–Crippen MR) is 104 cm³/mol. The van der Waals surface area contributed by atoms with Crippen LogP contribution in [0.2, 0.25) is 0 Å². The SMILES string of the molecule is CCC(C)(C)CCn1cccc(-c2ccncc2C(F)(F)F)c(F)cn(C)c1=O. The number of hydrogen-bond donors (Lipinski definition) is 0. The van der Waals surface area contributed by atoms with Crippen molar-refractivity contribution in [1.82, 2.24) is 14.1 Å². The topological polar surface area (TPSA) is 39.8 Å². The lowest BCUT2D eigenvalue weighted by Crippen LogP contribution is -2.28. The van der Waals surface area contributed by atoms with E-state index in [1.807, 2.05) is 0 Å². The Morgan fingerprint density at radius 1 is 1.14 bits per heavy atom. The molecular formula is C21H25F4N3O. The van der Waals surface area contributed by atoms with Crippen LogP contribution < -0.4 is 5.69 Å². The van der Waals surface area contributed by atoms with Gasteiger partial charge in [-0.1, -0.05) is 27.2 Å². The molecule has 4 nitrogen and oxygen atoms in total. The first kappa shape index (κ1) is 22.6. The lowest BCUT2D eigenvalue weighted by molar-refractivity contribution is -0.137. The Morgan fingerprint density at radius 3 is 2.45 bits per heavy atom. The Kier molecular flexibility index (Phi) is 6.87. The van der Waals surface area contributed by atoms with Gasteiger partial charge in [0.1, 0.15) is 5.82 Å². The Morgan fingerprint density at radius 2 is 1.83 bits per heavy atom. The Labute approximate surface area is 167 Å². The summed E-state index contributed by atoms with van der Waals surface area (Å²) in [5.74, 6) is -0.946. The number of rotatable bonds is 5. The van der Waals surface area contributed by atoms with Crippen LogP contribution in [0.4, 0.5) is 17.6 Å². The number of nitrogens with zero attached hydrogens (tertiary/aromatic N) is 3. The van der Waals surface area contributed by atoms with Crippen LogP contribution in [0, 0.1) is 11.2 Å². The molecule has 0 aromatic carbocycles. The van der Waals surface area contributed by atoms with Crippen LogP contribution in [-0.4, -0.2) is 14.1 Å². The standard InChI is InChI=1S/C21H25F4N3O/c1-5-20(2,3)9-12-28-11-6-7-16(18(22)14-27(4)19(28)29)15-8-10-26-13-17(15)21(23,24)25/h6-8,10-11,13-14H,5,9,12H2,1-4H3. The average Bonchev–Trinajstić information content (AvgIpc) is 2.70. The molecule has 158 valence electrons. The van der Waals surface area contributed by atoms with Crippen molar-refractivity contribution >= 4 is 0 Å². The van der Waals surface area contributed by atoms with E-state index in [0.29, 0.717) is 12.7 Å². The Balaban J connectivity index is 2.66. The first-order valence-electron chi connectivity index (χ1n) is 9.27. The molecule has 0 N–H and O–H groups in total. The summed E-state index contributed by atoms with van der Waals surface area (Å²) < 4.78 is 57.3. The van der Waals surface area contributed by atoms with Crippen molar-refractivity contribution in [3.63, 3.8) is 0 Å². The molecule has 2 rings (SSSR count). The molecule has 0 unspecified atom stereocenters. The lowest BCUT2D eigenvalue weighted by atomic mass is 9.86. The highest BCUT2D eigenvalue weighted by Gasteiger charge is 2.34. The molecule has 0 bridgehead atoms. The van der Waals surface area contributed by atoms with Gasteiger partial charge in [-0.25, -0.2) is 9.18 Å². The number of aromatic nitrogens is 3. The van der Waals surface area contributed by atoms with Gasteiger partial charge in [0.05, 0.1) is 5.56 Å². The Hall–Kier alpha value is -2.64. The van der Waals surface area contributed by atoms with Crippen LogP contribution in [0.25, 0.3) is 11.1 Å². The third-order valence-corrected chi connectivity index (χ3v) is 5.04. The molecule has 29 heavy (non-hydrogen) atoms. The van der Waals surface area contributed by atoms with Crippen molar-refractivity contribution in [2.75, 3.05) is 0 Å². The fourth-order valence-corrected chi connectivity index (χ4v) is 2.73. The molecule has 0 fully saturated rings. The van der Waals surface area contributed by atoms with E-state index >= 15 is 0 Å². The maximum Gasteiger partial charge on any atom is 0.418 e. The average molecular weight is 411 g/mol. The summed E-state index contributed by atoms with van der Waals surface area (Å²) in [5.41, 5.74) is -2.10. The smallest absolute Gasteiger partial charge is 0.301 e. The number of aryl methyl sites for hydroxylation is 2. The minimum atomic E-state index is -4.69. The summed E-state index contributed by atoms with van der Waals surface area (Å²) in [5, 5.41) is 0. The van der Waals surface area contributed by atoms with Gasteiger partial charge < -0.3 is 9.13 Å². The van der Waals surface area contributed by atoms with Crippen LogP contribution in [0.3, 0.4) is 0 Å². The zero-order chi connectivity index (χ0) is 21.8. The zero-order valence-corrected chi connectivity index (χ0v) is 16.9. The fourth-order valence-electron chi connectivity index (χ4n) is 2.73. The normalized spacial score (nSPS) is 12.0. The molecule has 2 aromatic rings. The number of alkyl halides is 3. The first-order chi connectivity index (χ1) is 13.5. The monoisotopic (exact) mass is 411 g/mol. The van der Waals surface area contributed by atoms with E-state index < -0.39 is 23.2 Å². The van der Waals surface area contributed by atoms with Gasteiger partial charge in [-0.3, -0.25) is 4.98 Å². The second-order valence-electron chi connectivity index (χ2n) is 7.67. The number of halogens is 4. The first-order valence-corrected chi connectivity index (χ1v) is 9.27. The van der Waals surface area contributed by atoms with E-state index in [4.69, 9.17) is 0 Å². The van der Waals surface area contributed by atoms with Gasteiger partial charge in [0, 0.05) is 43.9 Å². The minimum Gasteiger partial charge on any atom is -0.301 e. The summed E-state index contributed by atoms with van der Waals surface area (Å²) in [6.07, 6.45) is 1.16. The highest BCUT2D eigenvalue weighted by Crippen LogP contribution is 2.36. The van der Waals surface area contributed by atoms with E-state index in [-0.39, 0.29) is 16.5 Å². The van der Waals surface area contributed by atoms with Gasteiger partial charge >= 0.3 is 11.9 Å². The quantitative estimate of drug-likeness (QED) is 0.622. The second-order valence-corrected chi connectivity index (χ2v) is 7.67. The van der Waals surface area contributed by atoms with Crippen LogP contribution in [0.15, 0.2) is 47.8 Å². The molecule has 0 saturated carbocycles. The predicted octanol–water partition coefficient (Wildman–Crippen LogP) is 5.36. The van der Waals surface area contributed by atoms with Crippen molar-refractivity contribution in [3.05, 3.63) is 64.9 Å². The largest absolute Gasteiger partial charge is 0.418 e. The maximum atomic E-state index is 14.9. The van der Waals surface area contributed by atoms with Crippen molar-refractivity contribution in [1.29, 1.82) is 0 Å². The lowest BCUT2D eigenvalue weighted by Gasteiger charge is -2.22. The molecule has 0 aliphatic heterocycles. The highest BCUT2D eigenvalue weighted by molar-refractivity contribution is 5.67. The van der Waals surface area contributed by atoms with Gasteiger partial charge in [0.25, 0.3) is 0 Å². The number of pyridine rings is 1. The molecule has 0 atom stereocenters. The highest BCUT2D eigenvalue weighted by atomic mass is 19.4. The molecule has 0 aliphatic rings. The van der Waals surface area contributed by atoms with Crippen LogP contribution >= 0.6 is 0 Å². The fraction of sp³-hybridized carbons (Fsp3) is 0.429. The van der Waals surface area contributed by atoms with Gasteiger partial charge in [0.15, 0.2) is 0 Å². The maximum absolute atomic E-state index is 14.9. The third kappa shape index (κ3) is 5.68. The van der Waals surface area contributed by atoms with Crippen molar-refractivity contribution in [2.24, 2.45) is 12.5 Å². The molecule has 0 aliphatic carbocycles. The van der Waals surface area contributed by atoms with Crippen LogP contribution in [0.5, 0.6) is 0 Å². The van der Waals surface area contributed by atoms with E-state index in [2.05, 4.69) is 25.8 Å².